The third kappa shape index (κ3) is 5.71. The normalized spacial score (nSPS) is 13.9. The van der Waals surface area contributed by atoms with Crippen LogP contribution in [0.3, 0.4) is 0 Å². The Morgan fingerprint density at radius 3 is 2.56 bits per heavy atom. The Morgan fingerprint density at radius 2 is 1.93 bits per heavy atom. The maximum absolute atomic E-state index is 12.3. The zero-order valence-electron chi connectivity index (χ0n) is 16.5. The average Bonchev–Trinajstić information content (AvgIpc) is 3.06. The van der Waals surface area contributed by atoms with Crippen LogP contribution in [0, 0.1) is 0 Å². The monoisotopic (exact) mass is 394 g/mol. The summed E-state index contributed by atoms with van der Waals surface area (Å²) in [5.41, 5.74) is 0.841. The van der Waals surface area contributed by atoms with Gasteiger partial charge < -0.3 is 15.1 Å². The molecule has 1 aromatic carbocycles. The maximum Gasteiger partial charge on any atom is 0.215 e. The zero-order chi connectivity index (χ0) is 19.9. The van der Waals surface area contributed by atoms with Crippen LogP contribution in [0.25, 0.3) is 11.0 Å². The van der Waals surface area contributed by atoms with Crippen molar-refractivity contribution < 1.29 is 12.8 Å². The van der Waals surface area contributed by atoms with Crippen LogP contribution in [0.2, 0.25) is 0 Å². The van der Waals surface area contributed by atoms with Gasteiger partial charge in [0.1, 0.15) is 11.3 Å². The highest BCUT2D eigenvalue weighted by Crippen LogP contribution is 2.23. The van der Waals surface area contributed by atoms with E-state index in [4.69, 9.17) is 4.42 Å². The van der Waals surface area contributed by atoms with Gasteiger partial charge in [-0.2, -0.15) is 0 Å². The van der Waals surface area contributed by atoms with Gasteiger partial charge in [-0.25, -0.2) is 12.7 Å². The molecule has 2 N–H and O–H groups in total. The molecule has 0 aliphatic heterocycles. The summed E-state index contributed by atoms with van der Waals surface area (Å²) in [6.45, 7) is 9.46. The number of para-hydroxylation sites is 1. The predicted molar refractivity (Wildman–Crippen MR) is 110 cm³/mol. The van der Waals surface area contributed by atoms with E-state index < -0.39 is 10.0 Å². The second-order valence-corrected chi connectivity index (χ2v) is 8.30. The summed E-state index contributed by atoms with van der Waals surface area (Å²) in [7, 11) is -3.28. The molecule has 0 amide bonds. The molecule has 8 heteroatoms. The van der Waals surface area contributed by atoms with Crippen molar-refractivity contribution in [3.8, 4) is 0 Å². The topological polar surface area (TPSA) is 86.9 Å². The molecule has 0 radical (unpaired) electrons. The lowest BCUT2D eigenvalue weighted by Gasteiger charge is -2.18. The van der Waals surface area contributed by atoms with E-state index in [1.54, 1.807) is 0 Å². The van der Waals surface area contributed by atoms with Crippen molar-refractivity contribution in [2.24, 2.45) is 4.99 Å². The van der Waals surface area contributed by atoms with E-state index in [1.165, 1.54) is 4.31 Å². The van der Waals surface area contributed by atoms with Crippen molar-refractivity contribution >= 4 is 27.0 Å². The highest BCUT2D eigenvalue weighted by molar-refractivity contribution is 7.89. The first-order valence-corrected chi connectivity index (χ1v) is 11.0. The van der Waals surface area contributed by atoms with E-state index in [0.717, 1.165) is 16.7 Å². The van der Waals surface area contributed by atoms with Gasteiger partial charge in [-0.1, -0.05) is 32.0 Å². The number of nitrogens with zero attached hydrogens (tertiary/aromatic N) is 2. The number of sulfonamides is 1. The molecule has 0 aliphatic rings. The van der Waals surface area contributed by atoms with Crippen molar-refractivity contribution in [1.29, 1.82) is 0 Å². The van der Waals surface area contributed by atoms with Gasteiger partial charge in [-0.3, -0.25) is 4.99 Å². The lowest BCUT2D eigenvalue weighted by Crippen LogP contribution is -2.39. The average molecular weight is 395 g/mol. The lowest BCUT2D eigenvalue weighted by atomic mass is 10.2. The Balaban J connectivity index is 2.04. The number of hydrogen-bond donors (Lipinski definition) is 2. The number of fused-ring (bicyclic) bond motifs is 1. The van der Waals surface area contributed by atoms with Crippen LogP contribution >= 0.6 is 0 Å². The van der Waals surface area contributed by atoms with Gasteiger partial charge >= 0.3 is 0 Å². The van der Waals surface area contributed by atoms with Gasteiger partial charge in [0, 0.05) is 25.0 Å². The Kier molecular flexibility index (Phi) is 7.67. The lowest BCUT2D eigenvalue weighted by molar-refractivity contribution is 0.445. The number of aliphatic imine (C=N–C) groups is 1. The highest BCUT2D eigenvalue weighted by atomic mass is 32.2. The number of nitrogens with one attached hydrogen (secondary N) is 2. The van der Waals surface area contributed by atoms with E-state index >= 15 is 0 Å². The molecule has 2 rings (SSSR count). The first kappa shape index (κ1) is 21.2. The fourth-order valence-corrected chi connectivity index (χ4v) is 4.20. The third-order valence-corrected chi connectivity index (χ3v) is 6.29. The largest absolute Gasteiger partial charge is 0.459 e. The first-order chi connectivity index (χ1) is 12.9. The minimum absolute atomic E-state index is 0.00965. The standard InChI is InChI=1S/C19H30N4O3S/c1-5-20-19(21-12-13-27(24,25)23(6-2)7-3)22-15(4)18-14-16-10-8-9-11-17(16)26-18/h8-11,14-15H,5-7,12-13H2,1-4H3,(H2,20,21,22). The molecular formula is C19H30N4O3S. The maximum atomic E-state index is 12.3. The van der Waals surface area contributed by atoms with Gasteiger partial charge in [-0.05, 0) is 26.0 Å². The van der Waals surface area contributed by atoms with Crippen LogP contribution in [0.4, 0.5) is 0 Å². The Bertz CT molecular complexity index is 824. The van der Waals surface area contributed by atoms with Gasteiger partial charge in [-0.15, -0.1) is 0 Å². The first-order valence-electron chi connectivity index (χ1n) is 9.42. The van der Waals surface area contributed by atoms with Crippen LogP contribution in [0.5, 0.6) is 0 Å². The van der Waals surface area contributed by atoms with Gasteiger partial charge in [0.05, 0.1) is 18.3 Å². The van der Waals surface area contributed by atoms with Gasteiger partial charge in [0.2, 0.25) is 10.0 Å². The molecule has 2 aromatic rings. The molecule has 1 heterocycles. The van der Waals surface area contributed by atoms with Crippen LogP contribution < -0.4 is 10.6 Å². The van der Waals surface area contributed by atoms with E-state index in [0.29, 0.717) is 25.6 Å². The van der Waals surface area contributed by atoms with E-state index in [9.17, 15) is 8.42 Å². The summed E-state index contributed by atoms with van der Waals surface area (Å²) in [5, 5.41) is 7.47. The van der Waals surface area contributed by atoms with Gasteiger partial charge in [0.25, 0.3) is 0 Å². The molecule has 7 nitrogen and oxygen atoms in total. The Morgan fingerprint density at radius 1 is 1.22 bits per heavy atom. The second-order valence-electron chi connectivity index (χ2n) is 6.21. The SMILES string of the molecule is CCNC(=NCCS(=O)(=O)N(CC)CC)NC(C)c1cc2ccccc2o1. The van der Waals surface area contributed by atoms with E-state index in [2.05, 4.69) is 15.6 Å². The summed E-state index contributed by atoms with van der Waals surface area (Å²) in [5.74, 6) is 1.36. The third-order valence-electron chi connectivity index (χ3n) is 4.29. The molecule has 150 valence electrons. The summed E-state index contributed by atoms with van der Waals surface area (Å²) in [4.78, 5) is 4.42. The molecule has 0 saturated heterocycles. The highest BCUT2D eigenvalue weighted by Gasteiger charge is 2.18. The number of hydrogen-bond acceptors (Lipinski definition) is 4. The fourth-order valence-electron chi connectivity index (χ4n) is 2.83. The molecule has 0 bridgehead atoms. The minimum atomic E-state index is -3.28. The zero-order valence-corrected chi connectivity index (χ0v) is 17.3. The Hall–Kier alpha value is -2.06. The second kappa shape index (κ2) is 9.75. The van der Waals surface area contributed by atoms with Crippen molar-refractivity contribution in [2.75, 3.05) is 31.9 Å². The summed E-state index contributed by atoms with van der Waals surface area (Å²) >= 11 is 0. The smallest absolute Gasteiger partial charge is 0.215 e. The number of rotatable bonds is 9. The molecule has 0 aliphatic carbocycles. The Labute approximate surface area is 161 Å². The molecule has 0 fully saturated rings. The van der Waals surface area contributed by atoms with E-state index in [-0.39, 0.29) is 18.3 Å². The van der Waals surface area contributed by atoms with Crippen LogP contribution in [-0.2, 0) is 10.0 Å². The number of furan rings is 1. The molecule has 0 saturated carbocycles. The van der Waals surface area contributed by atoms with Crippen molar-refractivity contribution in [3.05, 3.63) is 36.1 Å². The van der Waals surface area contributed by atoms with Crippen LogP contribution in [0.1, 0.15) is 39.5 Å². The van der Waals surface area contributed by atoms with Crippen molar-refractivity contribution in [2.45, 2.75) is 33.7 Å². The number of benzene rings is 1. The van der Waals surface area contributed by atoms with Gasteiger partial charge in [0.15, 0.2) is 5.96 Å². The summed E-state index contributed by atoms with van der Waals surface area (Å²) in [6.07, 6.45) is 0. The van der Waals surface area contributed by atoms with Crippen molar-refractivity contribution in [1.82, 2.24) is 14.9 Å². The number of guanidine groups is 1. The quantitative estimate of drug-likeness (QED) is 0.504. The molecular weight excluding hydrogens is 364 g/mol. The fraction of sp³-hybridized carbons (Fsp3) is 0.526. The minimum Gasteiger partial charge on any atom is -0.459 e. The molecule has 1 unspecified atom stereocenters. The molecule has 1 atom stereocenters. The van der Waals surface area contributed by atoms with Crippen LogP contribution in [0.15, 0.2) is 39.7 Å². The van der Waals surface area contributed by atoms with E-state index in [1.807, 2.05) is 58.0 Å². The molecule has 27 heavy (non-hydrogen) atoms. The predicted octanol–water partition coefficient (Wildman–Crippen LogP) is 2.72. The molecule has 1 aromatic heterocycles. The van der Waals surface area contributed by atoms with Crippen LogP contribution in [-0.4, -0.2) is 50.6 Å². The van der Waals surface area contributed by atoms with Crippen molar-refractivity contribution in [3.63, 3.8) is 0 Å². The summed E-state index contributed by atoms with van der Waals surface area (Å²) < 4.78 is 31.9. The molecule has 0 spiro atoms. The summed E-state index contributed by atoms with van der Waals surface area (Å²) in [6, 6.07) is 9.75.